The molecule has 0 radical (unpaired) electrons. The van der Waals surface area contributed by atoms with Gasteiger partial charge < -0.3 is 20.7 Å². The number of carbonyl (C=O) groups excluding carboxylic acids is 2. The molecule has 2 aromatic carbocycles. The van der Waals surface area contributed by atoms with Gasteiger partial charge >= 0.3 is 0 Å². The number of benzene rings is 2. The van der Waals surface area contributed by atoms with Gasteiger partial charge in [0.15, 0.2) is 6.61 Å². The molecular weight excluding hydrogens is 330 g/mol. The van der Waals surface area contributed by atoms with E-state index in [4.69, 9.17) is 10.5 Å². The molecule has 1 atom stereocenters. The van der Waals surface area contributed by atoms with Crippen LogP contribution in [0.3, 0.4) is 0 Å². The molecular formula is C20H25N3O3. The maximum atomic E-state index is 12.4. The number of nitrogens with one attached hydrogen (secondary N) is 1. The van der Waals surface area contributed by atoms with E-state index in [0.717, 1.165) is 11.1 Å². The van der Waals surface area contributed by atoms with E-state index in [2.05, 4.69) is 5.32 Å². The number of amides is 2. The monoisotopic (exact) mass is 355 g/mol. The fourth-order valence-electron chi connectivity index (χ4n) is 2.34. The van der Waals surface area contributed by atoms with Crippen molar-refractivity contribution in [2.24, 2.45) is 5.73 Å². The van der Waals surface area contributed by atoms with Crippen molar-refractivity contribution in [3.8, 4) is 5.75 Å². The summed E-state index contributed by atoms with van der Waals surface area (Å²) in [5.41, 5.74) is 8.49. The van der Waals surface area contributed by atoms with E-state index >= 15 is 0 Å². The average molecular weight is 355 g/mol. The second-order valence-electron chi connectivity index (χ2n) is 6.35. The number of nitrogens with two attached hydrogens (primary N) is 1. The first-order valence-electron chi connectivity index (χ1n) is 8.41. The standard InChI is InChI=1S/C20H25N3O3/c1-14-9-10-17(18(11-14)26-13-20(25)23(2)3)22-19(24)12-16(21)15-7-5-4-6-8-15/h4-11,16H,12-13,21H2,1-3H3,(H,22,24). The van der Waals surface area contributed by atoms with Gasteiger partial charge in [-0.05, 0) is 30.2 Å². The minimum Gasteiger partial charge on any atom is -0.482 e. The van der Waals surface area contributed by atoms with Crippen molar-refractivity contribution >= 4 is 17.5 Å². The third-order valence-electron chi connectivity index (χ3n) is 3.89. The maximum Gasteiger partial charge on any atom is 0.259 e. The number of likely N-dealkylation sites (N-methyl/N-ethyl adjacent to an activating group) is 1. The molecule has 0 aromatic heterocycles. The molecule has 1 unspecified atom stereocenters. The Balaban J connectivity index is 2.03. The summed E-state index contributed by atoms with van der Waals surface area (Å²) in [6, 6.07) is 14.5. The van der Waals surface area contributed by atoms with Crippen molar-refractivity contribution in [1.82, 2.24) is 4.90 Å². The van der Waals surface area contributed by atoms with Crippen LogP contribution >= 0.6 is 0 Å². The van der Waals surface area contributed by atoms with Gasteiger partial charge in [0.2, 0.25) is 5.91 Å². The summed E-state index contributed by atoms with van der Waals surface area (Å²) in [5, 5.41) is 2.82. The van der Waals surface area contributed by atoms with Crippen LogP contribution in [-0.4, -0.2) is 37.4 Å². The topological polar surface area (TPSA) is 84.7 Å². The lowest BCUT2D eigenvalue weighted by Crippen LogP contribution is -2.28. The lowest BCUT2D eigenvalue weighted by Gasteiger charge is -2.16. The van der Waals surface area contributed by atoms with E-state index < -0.39 is 0 Å². The van der Waals surface area contributed by atoms with Crippen molar-refractivity contribution in [3.05, 3.63) is 59.7 Å². The van der Waals surface area contributed by atoms with E-state index in [0.29, 0.717) is 11.4 Å². The molecule has 0 fully saturated rings. The van der Waals surface area contributed by atoms with Gasteiger partial charge in [-0.25, -0.2) is 0 Å². The molecule has 6 heteroatoms. The number of ether oxygens (including phenoxy) is 1. The summed E-state index contributed by atoms with van der Waals surface area (Å²) in [6.07, 6.45) is 0.147. The van der Waals surface area contributed by atoms with E-state index in [1.54, 1.807) is 26.2 Å². The van der Waals surface area contributed by atoms with Crippen molar-refractivity contribution in [2.45, 2.75) is 19.4 Å². The minimum absolute atomic E-state index is 0.0944. The molecule has 26 heavy (non-hydrogen) atoms. The normalized spacial score (nSPS) is 11.5. The highest BCUT2D eigenvalue weighted by atomic mass is 16.5. The predicted molar refractivity (Wildman–Crippen MR) is 102 cm³/mol. The van der Waals surface area contributed by atoms with Crippen LogP contribution in [0.5, 0.6) is 5.75 Å². The molecule has 0 aliphatic heterocycles. The Hall–Kier alpha value is -2.86. The maximum absolute atomic E-state index is 12.4. The zero-order valence-electron chi connectivity index (χ0n) is 15.4. The van der Waals surface area contributed by atoms with Gasteiger partial charge in [0.05, 0.1) is 5.69 Å². The highest BCUT2D eigenvalue weighted by Crippen LogP contribution is 2.26. The predicted octanol–water partition coefficient (Wildman–Crippen LogP) is 2.49. The van der Waals surface area contributed by atoms with Gasteiger partial charge in [-0.3, -0.25) is 9.59 Å². The molecule has 3 N–H and O–H groups in total. The summed E-state index contributed by atoms with van der Waals surface area (Å²) >= 11 is 0. The second kappa shape index (κ2) is 9.01. The van der Waals surface area contributed by atoms with E-state index in [9.17, 15) is 9.59 Å². The Morgan fingerprint density at radius 2 is 1.85 bits per heavy atom. The first-order chi connectivity index (χ1) is 12.4. The number of hydrogen-bond acceptors (Lipinski definition) is 4. The second-order valence-corrected chi connectivity index (χ2v) is 6.35. The lowest BCUT2D eigenvalue weighted by molar-refractivity contribution is -0.130. The number of rotatable bonds is 7. The lowest BCUT2D eigenvalue weighted by atomic mass is 10.0. The first kappa shape index (κ1) is 19.5. The quantitative estimate of drug-likeness (QED) is 0.799. The van der Waals surface area contributed by atoms with E-state index in [1.807, 2.05) is 43.3 Å². The number of anilines is 1. The van der Waals surface area contributed by atoms with E-state index in [1.165, 1.54) is 4.90 Å². The van der Waals surface area contributed by atoms with Crippen LogP contribution in [0.4, 0.5) is 5.69 Å². The summed E-state index contributed by atoms with van der Waals surface area (Å²) in [5.74, 6) is 0.0886. The number of aryl methyl sites for hydroxylation is 1. The van der Waals surface area contributed by atoms with Gasteiger partial charge in [-0.15, -0.1) is 0 Å². The molecule has 0 saturated heterocycles. The van der Waals surface area contributed by atoms with Crippen molar-refractivity contribution in [3.63, 3.8) is 0 Å². The Morgan fingerprint density at radius 1 is 1.15 bits per heavy atom. The number of nitrogens with zero attached hydrogens (tertiary/aromatic N) is 1. The highest BCUT2D eigenvalue weighted by Gasteiger charge is 2.15. The molecule has 0 spiro atoms. The zero-order chi connectivity index (χ0) is 19.1. The van der Waals surface area contributed by atoms with E-state index in [-0.39, 0.29) is 30.9 Å². The minimum atomic E-state index is -0.388. The molecule has 0 aliphatic rings. The summed E-state index contributed by atoms with van der Waals surface area (Å²) < 4.78 is 5.59. The molecule has 2 amide bonds. The number of carbonyl (C=O) groups is 2. The molecule has 0 heterocycles. The van der Waals surface area contributed by atoms with Crippen molar-refractivity contribution < 1.29 is 14.3 Å². The molecule has 0 bridgehead atoms. The summed E-state index contributed by atoms with van der Waals surface area (Å²) in [6.45, 7) is 1.82. The van der Waals surface area contributed by atoms with Crippen LogP contribution in [-0.2, 0) is 9.59 Å². The van der Waals surface area contributed by atoms with Crippen LogP contribution in [0.1, 0.15) is 23.6 Å². The Morgan fingerprint density at radius 3 is 2.50 bits per heavy atom. The van der Waals surface area contributed by atoms with Crippen LogP contribution < -0.4 is 15.8 Å². The Labute approximate surface area is 153 Å². The van der Waals surface area contributed by atoms with Crippen molar-refractivity contribution in [2.75, 3.05) is 26.0 Å². The van der Waals surface area contributed by atoms with Gasteiger partial charge in [0.1, 0.15) is 5.75 Å². The average Bonchev–Trinajstić information content (AvgIpc) is 2.62. The smallest absolute Gasteiger partial charge is 0.259 e. The SMILES string of the molecule is Cc1ccc(NC(=O)CC(N)c2ccccc2)c(OCC(=O)N(C)C)c1. The largest absolute Gasteiger partial charge is 0.482 e. The molecule has 2 aromatic rings. The molecule has 0 saturated carbocycles. The van der Waals surface area contributed by atoms with Crippen LogP contribution in [0.2, 0.25) is 0 Å². The van der Waals surface area contributed by atoms with Gasteiger partial charge in [0, 0.05) is 26.6 Å². The highest BCUT2D eigenvalue weighted by molar-refractivity contribution is 5.92. The fourth-order valence-corrected chi connectivity index (χ4v) is 2.34. The van der Waals surface area contributed by atoms with Crippen LogP contribution in [0.25, 0.3) is 0 Å². The number of hydrogen-bond donors (Lipinski definition) is 2. The van der Waals surface area contributed by atoms with Gasteiger partial charge in [-0.1, -0.05) is 36.4 Å². The summed E-state index contributed by atoms with van der Waals surface area (Å²) in [7, 11) is 3.32. The van der Waals surface area contributed by atoms with Crippen LogP contribution in [0, 0.1) is 6.92 Å². The molecule has 138 valence electrons. The van der Waals surface area contributed by atoms with Gasteiger partial charge in [0.25, 0.3) is 5.91 Å². The zero-order valence-corrected chi connectivity index (χ0v) is 15.4. The summed E-state index contributed by atoms with van der Waals surface area (Å²) in [4.78, 5) is 25.5. The molecule has 2 rings (SSSR count). The molecule has 0 aliphatic carbocycles. The first-order valence-corrected chi connectivity index (χ1v) is 8.41. The Kier molecular flexibility index (Phi) is 6.74. The third-order valence-corrected chi connectivity index (χ3v) is 3.89. The third kappa shape index (κ3) is 5.60. The van der Waals surface area contributed by atoms with Crippen molar-refractivity contribution in [1.29, 1.82) is 0 Å². The molecule has 6 nitrogen and oxygen atoms in total. The van der Waals surface area contributed by atoms with Crippen LogP contribution in [0.15, 0.2) is 48.5 Å². The fraction of sp³-hybridized carbons (Fsp3) is 0.300. The van der Waals surface area contributed by atoms with Gasteiger partial charge in [-0.2, -0.15) is 0 Å². The Bertz CT molecular complexity index is 760.